The van der Waals surface area contributed by atoms with E-state index >= 15 is 0 Å². The Balaban J connectivity index is 2.11. The Bertz CT molecular complexity index is 87.3. The first kappa shape index (κ1) is 8.02. The van der Waals surface area contributed by atoms with Crippen LogP contribution < -0.4 is 5.73 Å². The molecule has 1 fully saturated rings. The van der Waals surface area contributed by atoms with Gasteiger partial charge in [-0.25, -0.2) is 0 Å². The van der Waals surface area contributed by atoms with Crippen LogP contribution in [0.25, 0.3) is 0 Å². The first-order valence-electron chi connectivity index (χ1n) is 4.21. The molecule has 2 heteroatoms. The summed E-state index contributed by atoms with van der Waals surface area (Å²) >= 11 is 0. The Morgan fingerprint density at radius 3 is 2.50 bits per heavy atom. The van der Waals surface area contributed by atoms with Crippen molar-refractivity contribution in [3.8, 4) is 0 Å². The van der Waals surface area contributed by atoms with Gasteiger partial charge < -0.3 is 5.73 Å². The second-order valence-corrected chi connectivity index (χ2v) is 3.37. The Morgan fingerprint density at radius 1 is 1.40 bits per heavy atom. The zero-order valence-electron chi connectivity index (χ0n) is 6.84. The lowest BCUT2D eigenvalue weighted by Gasteiger charge is -2.17. The lowest BCUT2D eigenvalue weighted by molar-refractivity contribution is 0.285. The number of hydrogen-bond donors (Lipinski definition) is 1. The van der Waals surface area contributed by atoms with Gasteiger partial charge in [0.25, 0.3) is 0 Å². The minimum atomic E-state index is 0.705. The third kappa shape index (κ3) is 2.27. The zero-order chi connectivity index (χ0) is 7.40. The van der Waals surface area contributed by atoms with Crippen LogP contribution in [0, 0.1) is 5.92 Å². The van der Waals surface area contributed by atoms with E-state index in [1.54, 1.807) is 0 Å². The molecule has 0 aromatic carbocycles. The fourth-order valence-electron chi connectivity index (χ4n) is 1.71. The minimum absolute atomic E-state index is 0.705. The number of nitrogens with two attached hydrogens (primary N) is 1. The van der Waals surface area contributed by atoms with Crippen LogP contribution in [0.4, 0.5) is 0 Å². The highest BCUT2D eigenvalue weighted by atomic mass is 15.1. The molecule has 0 aromatic heterocycles. The van der Waals surface area contributed by atoms with E-state index in [2.05, 4.69) is 11.9 Å². The van der Waals surface area contributed by atoms with Gasteiger partial charge in [0.05, 0.1) is 0 Å². The molecule has 0 spiro atoms. The summed E-state index contributed by atoms with van der Waals surface area (Å²) in [7, 11) is 2.10. The highest BCUT2D eigenvalue weighted by molar-refractivity contribution is 4.69. The molecule has 0 saturated heterocycles. The molecule has 0 atom stereocenters. The van der Waals surface area contributed by atoms with E-state index < -0.39 is 0 Å². The number of hydrogen-bond acceptors (Lipinski definition) is 2. The van der Waals surface area contributed by atoms with E-state index in [1.807, 2.05) is 0 Å². The van der Waals surface area contributed by atoms with Crippen molar-refractivity contribution in [1.82, 2.24) is 4.90 Å². The van der Waals surface area contributed by atoms with Crippen LogP contribution >= 0.6 is 0 Å². The normalized spacial score (nSPS) is 20.7. The maximum absolute atomic E-state index is 5.48. The van der Waals surface area contributed by atoms with E-state index in [9.17, 15) is 0 Å². The first-order chi connectivity index (χ1) is 4.83. The summed E-state index contributed by atoms with van der Waals surface area (Å²) in [5.74, 6) is 0.938. The topological polar surface area (TPSA) is 29.3 Å². The highest BCUT2D eigenvalue weighted by Crippen LogP contribution is 2.24. The maximum Gasteiger partial charge on any atom is 0.0452 e. The van der Waals surface area contributed by atoms with Gasteiger partial charge in [-0.05, 0) is 25.8 Å². The summed E-state index contributed by atoms with van der Waals surface area (Å²) in [6.45, 7) is 1.91. The summed E-state index contributed by atoms with van der Waals surface area (Å²) in [4.78, 5) is 2.20. The van der Waals surface area contributed by atoms with Crippen LogP contribution in [0.3, 0.4) is 0 Å². The van der Waals surface area contributed by atoms with E-state index in [0.717, 1.165) is 5.92 Å². The first-order valence-corrected chi connectivity index (χ1v) is 4.21. The summed E-state index contributed by atoms with van der Waals surface area (Å²) in [5, 5.41) is 0. The predicted octanol–water partition coefficient (Wildman–Crippen LogP) is 1.02. The van der Waals surface area contributed by atoms with Crippen molar-refractivity contribution in [2.45, 2.75) is 25.7 Å². The quantitative estimate of drug-likeness (QED) is 0.596. The second-order valence-electron chi connectivity index (χ2n) is 3.37. The fourth-order valence-corrected chi connectivity index (χ4v) is 1.71. The Kier molecular flexibility index (Phi) is 3.16. The molecule has 0 aromatic rings. The molecule has 0 radical (unpaired) electrons. The smallest absolute Gasteiger partial charge is 0.0452 e. The van der Waals surface area contributed by atoms with Gasteiger partial charge in [-0.15, -0.1) is 0 Å². The SMILES string of the molecule is CN(CN)CC1CCCC1. The highest BCUT2D eigenvalue weighted by Gasteiger charge is 2.15. The van der Waals surface area contributed by atoms with Crippen LogP contribution in [0.5, 0.6) is 0 Å². The molecule has 2 nitrogen and oxygen atoms in total. The van der Waals surface area contributed by atoms with Crippen LogP contribution in [0.15, 0.2) is 0 Å². The van der Waals surface area contributed by atoms with E-state index in [1.165, 1.54) is 32.2 Å². The molecule has 0 unspecified atom stereocenters. The molecule has 60 valence electrons. The standard InChI is InChI=1S/C8H18N2/c1-10(7-9)6-8-4-2-3-5-8/h8H,2-7,9H2,1H3. The molecule has 1 rings (SSSR count). The molecule has 1 saturated carbocycles. The summed E-state index contributed by atoms with van der Waals surface area (Å²) < 4.78 is 0. The Labute approximate surface area is 63.4 Å². The van der Waals surface area contributed by atoms with Crippen molar-refractivity contribution in [2.75, 3.05) is 20.3 Å². The molecule has 1 aliphatic rings. The largest absolute Gasteiger partial charge is 0.318 e. The molecular weight excluding hydrogens is 124 g/mol. The summed E-state index contributed by atoms with van der Waals surface area (Å²) in [6, 6.07) is 0. The van der Waals surface area contributed by atoms with Crippen LogP contribution in [0.1, 0.15) is 25.7 Å². The summed E-state index contributed by atoms with van der Waals surface area (Å²) in [5.41, 5.74) is 5.48. The van der Waals surface area contributed by atoms with Crippen LogP contribution in [-0.4, -0.2) is 25.2 Å². The third-order valence-corrected chi connectivity index (χ3v) is 2.36. The molecule has 10 heavy (non-hydrogen) atoms. The number of nitrogens with zero attached hydrogens (tertiary/aromatic N) is 1. The monoisotopic (exact) mass is 142 g/mol. The van der Waals surface area contributed by atoms with Crippen LogP contribution in [0.2, 0.25) is 0 Å². The van der Waals surface area contributed by atoms with Gasteiger partial charge in [0.1, 0.15) is 0 Å². The van der Waals surface area contributed by atoms with Gasteiger partial charge in [0.2, 0.25) is 0 Å². The third-order valence-electron chi connectivity index (χ3n) is 2.36. The van der Waals surface area contributed by atoms with Gasteiger partial charge in [-0.1, -0.05) is 12.8 Å². The van der Waals surface area contributed by atoms with Gasteiger partial charge in [-0.2, -0.15) is 0 Å². The lowest BCUT2D eigenvalue weighted by Crippen LogP contribution is -2.29. The van der Waals surface area contributed by atoms with Crippen molar-refractivity contribution in [3.63, 3.8) is 0 Å². The second kappa shape index (κ2) is 3.94. The van der Waals surface area contributed by atoms with Gasteiger partial charge >= 0.3 is 0 Å². The molecule has 0 heterocycles. The van der Waals surface area contributed by atoms with Crippen LogP contribution in [-0.2, 0) is 0 Å². The molecule has 0 bridgehead atoms. The average Bonchev–Trinajstić information content (AvgIpc) is 2.40. The average molecular weight is 142 g/mol. The zero-order valence-corrected chi connectivity index (χ0v) is 6.84. The Morgan fingerprint density at radius 2 is 2.00 bits per heavy atom. The lowest BCUT2D eigenvalue weighted by atomic mass is 10.1. The van der Waals surface area contributed by atoms with Gasteiger partial charge in [0.15, 0.2) is 0 Å². The van der Waals surface area contributed by atoms with Crippen molar-refractivity contribution in [2.24, 2.45) is 11.7 Å². The van der Waals surface area contributed by atoms with Gasteiger partial charge in [0, 0.05) is 13.2 Å². The van der Waals surface area contributed by atoms with Crippen molar-refractivity contribution < 1.29 is 0 Å². The minimum Gasteiger partial charge on any atom is -0.318 e. The molecular formula is C8H18N2. The van der Waals surface area contributed by atoms with Crippen molar-refractivity contribution in [1.29, 1.82) is 0 Å². The van der Waals surface area contributed by atoms with Gasteiger partial charge in [-0.3, -0.25) is 4.90 Å². The van der Waals surface area contributed by atoms with Crippen molar-refractivity contribution >= 4 is 0 Å². The number of rotatable bonds is 3. The molecule has 0 amide bonds. The van der Waals surface area contributed by atoms with E-state index in [0.29, 0.717) is 6.67 Å². The van der Waals surface area contributed by atoms with E-state index in [-0.39, 0.29) is 0 Å². The Hall–Kier alpha value is -0.0800. The molecule has 0 aliphatic heterocycles. The van der Waals surface area contributed by atoms with E-state index in [4.69, 9.17) is 5.73 Å². The van der Waals surface area contributed by atoms with Crippen molar-refractivity contribution in [3.05, 3.63) is 0 Å². The maximum atomic E-state index is 5.48. The predicted molar refractivity (Wildman–Crippen MR) is 43.6 cm³/mol. The molecule has 1 aliphatic carbocycles. The fraction of sp³-hybridized carbons (Fsp3) is 1.00. The molecule has 2 N–H and O–H groups in total. The summed E-state index contributed by atoms with van der Waals surface area (Å²) in [6.07, 6.45) is 5.71.